The monoisotopic (exact) mass is 433 g/mol. The summed E-state index contributed by atoms with van der Waals surface area (Å²) in [5, 5.41) is 8.26. The Morgan fingerprint density at radius 1 is 0.929 bits per heavy atom. The van der Waals surface area contributed by atoms with Crippen LogP contribution in [0.5, 0.6) is 0 Å². The summed E-state index contributed by atoms with van der Waals surface area (Å²) in [6.07, 6.45) is -0.361. The lowest BCUT2D eigenvalue weighted by molar-refractivity contribution is -0.139. The van der Waals surface area contributed by atoms with Crippen molar-refractivity contribution in [3.8, 4) is 0 Å². The summed E-state index contributed by atoms with van der Waals surface area (Å²) >= 11 is 0. The molecule has 152 valence electrons. The number of ketones is 1. The molecule has 0 saturated carbocycles. The van der Waals surface area contributed by atoms with Crippen LogP contribution in [0.15, 0.2) is 40.1 Å². The number of carboxylic acid groups (broad SMARTS) is 1. The Hall–Kier alpha value is -2.87. The van der Waals surface area contributed by atoms with Crippen molar-refractivity contribution >= 4 is 48.7 Å². The number of rotatable bonds is 5. The van der Waals surface area contributed by atoms with Gasteiger partial charge in [0.2, 0.25) is 5.91 Å². The molecule has 28 heavy (non-hydrogen) atoms. The van der Waals surface area contributed by atoms with E-state index in [0.29, 0.717) is 5.39 Å². The van der Waals surface area contributed by atoms with Crippen LogP contribution in [0, 0.1) is 0 Å². The topological polar surface area (TPSA) is 206 Å². The number of amides is 1. The highest BCUT2D eigenvalue weighted by Crippen LogP contribution is 2.26. The predicted octanol–water partition coefficient (Wildman–Crippen LogP) is 0.482. The number of benzene rings is 2. The summed E-state index contributed by atoms with van der Waals surface area (Å²) in [6.45, 7) is 1.24. The number of carbonyl (C=O) groups is 3. The standard InChI is InChI=1S/C11H9NO7S2.C4H6O3/c12-11(13)9-4-6-1-2-8(20(14,15)16)3-7(6)5-10(9)21(17,18)19;1-3(5)2-4(6)7/h1-5H,(H2,12,13)(H,14,15,16)(H,17,18,19);2H2,1H3,(H,6,7). The van der Waals surface area contributed by atoms with Gasteiger partial charge in [0, 0.05) is 0 Å². The van der Waals surface area contributed by atoms with Crippen LogP contribution in [0.25, 0.3) is 10.8 Å². The molecule has 0 aromatic heterocycles. The van der Waals surface area contributed by atoms with Crippen LogP contribution in [-0.4, -0.2) is 48.7 Å². The lowest BCUT2D eigenvalue weighted by Gasteiger charge is -2.07. The van der Waals surface area contributed by atoms with Gasteiger partial charge in [0.05, 0.1) is 10.5 Å². The first kappa shape index (κ1) is 23.2. The van der Waals surface area contributed by atoms with Gasteiger partial charge in [0.25, 0.3) is 20.2 Å². The largest absolute Gasteiger partial charge is 0.481 e. The van der Waals surface area contributed by atoms with Crippen LogP contribution in [0.3, 0.4) is 0 Å². The third-order valence-corrected chi connectivity index (χ3v) is 4.89. The summed E-state index contributed by atoms with van der Waals surface area (Å²) in [5.74, 6) is -2.44. The highest BCUT2D eigenvalue weighted by atomic mass is 32.2. The molecule has 0 aliphatic rings. The highest BCUT2D eigenvalue weighted by molar-refractivity contribution is 7.86. The van der Waals surface area contributed by atoms with Gasteiger partial charge in [0.15, 0.2) is 0 Å². The zero-order chi connectivity index (χ0) is 21.9. The van der Waals surface area contributed by atoms with Crippen molar-refractivity contribution in [1.29, 1.82) is 0 Å². The molecule has 2 aromatic carbocycles. The lowest BCUT2D eigenvalue weighted by atomic mass is 10.1. The van der Waals surface area contributed by atoms with Crippen molar-refractivity contribution < 1.29 is 45.4 Å². The van der Waals surface area contributed by atoms with E-state index in [-0.39, 0.29) is 17.6 Å². The van der Waals surface area contributed by atoms with Crippen molar-refractivity contribution in [2.24, 2.45) is 5.73 Å². The van der Waals surface area contributed by atoms with E-state index in [1.807, 2.05) is 0 Å². The van der Waals surface area contributed by atoms with Gasteiger partial charge >= 0.3 is 5.97 Å². The van der Waals surface area contributed by atoms with Gasteiger partial charge in [-0.2, -0.15) is 16.8 Å². The second-order valence-electron chi connectivity index (χ2n) is 5.44. The van der Waals surface area contributed by atoms with Gasteiger partial charge in [-0.05, 0) is 42.0 Å². The maximum Gasteiger partial charge on any atom is 0.310 e. The Morgan fingerprint density at radius 2 is 1.50 bits per heavy atom. The normalized spacial score (nSPS) is 11.4. The fourth-order valence-electron chi connectivity index (χ4n) is 2.03. The maximum atomic E-state index is 11.3. The molecule has 0 bridgehead atoms. The zero-order valence-corrected chi connectivity index (χ0v) is 15.8. The smallest absolute Gasteiger partial charge is 0.310 e. The van der Waals surface area contributed by atoms with Crippen LogP contribution in [0.1, 0.15) is 23.7 Å². The molecule has 0 radical (unpaired) electrons. The fourth-order valence-corrected chi connectivity index (χ4v) is 3.26. The number of fused-ring (bicyclic) bond motifs is 1. The first-order valence-electron chi connectivity index (χ1n) is 7.16. The number of carboxylic acids is 1. The molecule has 2 aromatic rings. The highest BCUT2D eigenvalue weighted by Gasteiger charge is 2.21. The van der Waals surface area contributed by atoms with Gasteiger partial charge in [-0.3, -0.25) is 23.5 Å². The second-order valence-corrected chi connectivity index (χ2v) is 8.26. The third-order valence-electron chi connectivity index (χ3n) is 3.15. The van der Waals surface area contributed by atoms with Crippen molar-refractivity contribution in [3.05, 3.63) is 35.9 Å². The first-order chi connectivity index (χ1) is 12.6. The van der Waals surface area contributed by atoms with Gasteiger partial charge in [-0.1, -0.05) is 6.07 Å². The van der Waals surface area contributed by atoms with E-state index in [1.54, 1.807) is 0 Å². The number of carbonyl (C=O) groups excluding carboxylic acids is 2. The van der Waals surface area contributed by atoms with E-state index in [2.05, 4.69) is 0 Å². The molecule has 0 heterocycles. The first-order valence-corrected chi connectivity index (χ1v) is 10.0. The zero-order valence-electron chi connectivity index (χ0n) is 14.2. The molecule has 0 aliphatic heterocycles. The molecule has 0 unspecified atom stereocenters. The molecule has 0 aliphatic carbocycles. The van der Waals surface area contributed by atoms with Crippen molar-refractivity contribution in [1.82, 2.24) is 0 Å². The number of Topliss-reactive ketones (excluding diaryl/α,β-unsaturated/α-hetero) is 1. The summed E-state index contributed by atoms with van der Waals surface area (Å²) in [4.78, 5) is 29.5. The Kier molecular flexibility index (Phi) is 6.98. The SMILES string of the molecule is CC(=O)CC(=O)O.NC(=O)c1cc2ccc(S(=O)(=O)O)cc2cc1S(=O)(=O)O. The van der Waals surface area contributed by atoms with Crippen LogP contribution in [0.2, 0.25) is 0 Å². The Balaban J connectivity index is 0.000000480. The van der Waals surface area contributed by atoms with Crippen molar-refractivity contribution in [2.75, 3.05) is 0 Å². The van der Waals surface area contributed by atoms with Crippen LogP contribution in [0.4, 0.5) is 0 Å². The number of aliphatic carboxylic acids is 1. The molecule has 0 atom stereocenters. The van der Waals surface area contributed by atoms with Crippen LogP contribution < -0.4 is 5.73 Å². The van der Waals surface area contributed by atoms with Gasteiger partial charge in [0.1, 0.15) is 17.1 Å². The van der Waals surface area contributed by atoms with E-state index < -0.39 is 47.5 Å². The number of hydrogen-bond donors (Lipinski definition) is 4. The van der Waals surface area contributed by atoms with Crippen molar-refractivity contribution in [3.63, 3.8) is 0 Å². The molecule has 2 rings (SSSR count). The van der Waals surface area contributed by atoms with E-state index in [0.717, 1.165) is 24.3 Å². The van der Waals surface area contributed by atoms with E-state index >= 15 is 0 Å². The Bertz CT molecular complexity index is 1150. The molecular formula is C15H15NO10S2. The molecule has 0 saturated heterocycles. The third kappa shape index (κ3) is 6.38. The number of primary amides is 1. The number of hydrogen-bond acceptors (Lipinski definition) is 7. The molecule has 11 nitrogen and oxygen atoms in total. The lowest BCUT2D eigenvalue weighted by Crippen LogP contribution is -2.16. The van der Waals surface area contributed by atoms with Gasteiger partial charge < -0.3 is 10.8 Å². The molecule has 1 amide bonds. The average Bonchev–Trinajstić information content (AvgIpc) is 2.50. The van der Waals surface area contributed by atoms with Gasteiger partial charge in [-0.25, -0.2) is 0 Å². The summed E-state index contributed by atoms with van der Waals surface area (Å²) in [6, 6.07) is 5.35. The maximum absolute atomic E-state index is 11.3. The number of nitrogens with two attached hydrogens (primary N) is 1. The van der Waals surface area contributed by atoms with Crippen LogP contribution >= 0.6 is 0 Å². The Morgan fingerprint density at radius 3 is 1.86 bits per heavy atom. The average molecular weight is 433 g/mol. The molecule has 0 spiro atoms. The molecule has 13 heteroatoms. The summed E-state index contributed by atoms with van der Waals surface area (Å²) in [7, 11) is -9.20. The molecule has 5 N–H and O–H groups in total. The fraction of sp³-hybridized carbons (Fsp3) is 0.133. The summed E-state index contributed by atoms with van der Waals surface area (Å²) < 4.78 is 62.7. The predicted molar refractivity (Wildman–Crippen MR) is 95.0 cm³/mol. The summed E-state index contributed by atoms with van der Waals surface area (Å²) in [5.41, 5.74) is 4.62. The second kappa shape index (κ2) is 8.43. The Labute approximate surface area is 159 Å². The minimum absolute atomic E-state index is 0.0859. The van der Waals surface area contributed by atoms with E-state index in [4.69, 9.17) is 19.9 Å². The molecule has 0 fully saturated rings. The minimum atomic E-state index is -4.73. The quantitative estimate of drug-likeness (QED) is 0.379. The van der Waals surface area contributed by atoms with Gasteiger partial charge in [-0.15, -0.1) is 0 Å². The molecular weight excluding hydrogens is 418 g/mol. The van der Waals surface area contributed by atoms with E-state index in [9.17, 15) is 31.2 Å². The van der Waals surface area contributed by atoms with Crippen molar-refractivity contribution in [2.45, 2.75) is 23.1 Å². The van der Waals surface area contributed by atoms with Crippen LogP contribution in [-0.2, 0) is 29.8 Å². The minimum Gasteiger partial charge on any atom is -0.481 e. The van der Waals surface area contributed by atoms with E-state index in [1.165, 1.54) is 13.0 Å².